The van der Waals surface area contributed by atoms with Crippen LogP contribution in [0.3, 0.4) is 0 Å². The molecule has 0 fully saturated rings. The minimum absolute atomic E-state index is 1.07. The van der Waals surface area contributed by atoms with E-state index >= 15 is 0 Å². The van der Waals surface area contributed by atoms with Gasteiger partial charge in [0.25, 0.3) is 0 Å². The number of hydrogen-bond donors (Lipinski definition) is 0. The van der Waals surface area contributed by atoms with E-state index in [9.17, 15) is 0 Å². The minimum Gasteiger partial charge on any atom is -0.338 e. The van der Waals surface area contributed by atoms with Gasteiger partial charge in [-0.3, -0.25) is 4.98 Å². The molecule has 0 saturated heterocycles. The molecule has 3 heteroatoms. The summed E-state index contributed by atoms with van der Waals surface area (Å²) >= 11 is 1.87. The summed E-state index contributed by atoms with van der Waals surface area (Å²) in [6.07, 6.45) is 4.80. The van der Waals surface area contributed by atoms with Crippen LogP contribution >= 0.6 is 11.8 Å². The third-order valence-electron chi connectivity index (χ3n) is 4.22. The molecule has 118 valence electrons. The molecule has 2 nitrogen and oxygen atoms in total. The second kappa shape index (κ2) is 6.63. The summed E-state index contributed by atoms with van der Waals surface area (Å²) in [5.41, 5.74) is 6.48. The lowest BCUT2D eigenvalue weighted by molar-refractivity contribution is 0.637. The average Bonchev–Trinajstić information content (AvgIpc) is 2.93. The highest BCUT2D eigenvalue weighted by molar-refractivity contribution is 8.12. The molecule has 1 aromatic heterocycles. The van der Waals surface area contributed by atoms with Gasteiger partial charge in [-0.2, -0.15) is 0 Å². The molecule has 0 bridgehead atoms. The number of hydrogen-bond acceptors (Lipinski definition) is 3. The molecule has 1 aliphatic heterocycles. The Kier molecular flexibility index (Phi) is 4.58. The molecule has 0 N–H and O–H groups in total. The van der Waals surface area contributed by atoms with Crippen LogP contribution in [0.25, 0.3) is 10.6 Å². The summed E-state index contributed by atoms with van der Waals surface area (Å²) in [5, 5.41) is 1.34. The van der Waals surface area contributed by atoms with Crippen LogP contribution in [0.15, 0.2) is 59.4 Å². The Hall–Kier alpha value is -2.00. The van der Waals surface area contributed by atoms with Crippen molar-refractivity contribution in [3.05, 3.63) is 76.1 Å². The number of aromatic nitrogens is 1. The molecule has 3 rings (SSSR count). The van der Waals surface area contributed by atoms with Gasteiger partial charge in [0.05, 0.1) is 10.7 Å². The lowest BCUT2D eigenvalue weighted by Crippen LogP contribution is -2.11. The molecule has 0 radical (unpaired) electrons. The summed E-state index contributed by atoms with van der Waals surface area (Å²) < 4.78 is 0. The van der Waals surface area contributed by atoms with Crippen molar-refractivity contribution >= 4 is 22.4 Å². The quantitative estimate of drug-likeness (QED) is 0.738. The summed E-state index contributed by atoms with van der Waals surface area (Å²) in [5.74, 6) is 0. The predicted octanol–water partition coefficient (Wildman–Crippen LogP) is 5.54. The Balaban J connectivity index is 2.17. The second-order valence-corrected chi connectivity index (χ2v) is 6.88. The van der Waals surface area contributed by atoms with Gasteiger partial charge in [0.1, 0.15) is 0 Å². The second-order valence-electron chi connectivity index (χ2n) is 5.88. The summed E-state index contributed by atoms with van der Waals surface area (Å²) in [4.78, 5) is 7.80. The van der Waals surface area contributed by atoms with Gasteiger partial charge in [0, 0.05) is 24.3 Å². The van der Waals surface area contributed by atoms with E-state index in [4.69, 9.17) is 0 Å². The first-order valence-electron chi connectivity index (χ1n) is 7.95. The number of rotatable bonds is 3. The SMILES string of the molecule is CC/C(C)=C1\SC(c2ccncc2)=C(c2ccc(C)cc2)N1C. The monoisotopic (exact) mass is 322 g/mol. The van der Waals surface area contributed by atoms with Gasteiger partial charge < -0.3 is 4.90 Å². The van der Waals surface area contributed by atoms with Crippen LogP contribution in [-0.2, 0) is 0 Å². The van der Waals surface area contributed by atoms with Gasteiger partial charge >= 0.3 is 0 Å². The van der Waals surface area contributed by atoms with Gasteiger partial charge in [0.15, 0.2) is 0 Å². The maximum atomic E-state index is 4.16. The molecule has 0 atom stereocenters. The Morgan fingerprint density at radius 3 is 2.30 bits per heavy atom. The zero-order valence-electron chi connectivity index (χ0n) is 14.1. The highest BCUT2D eigenvalue weighted by Gasteiger charge is 2.28. The van der Waals surface area contributed by atoms with Gasteiger partial charge in [0.2, 0.25) is 0 Å². The Morgan fingerprint density at radius 2 is 1.70 bits per heavy atom. The largest absolute Gasteiger partial charge is 0.338 e. The summed E-state index contributed by atoms with van der Waals surface area (Å²) in [6.45, 7) is 6.56. The van der Waals surface area contributed by atoms with Crippen molar-refractivity contribution in [2.45, 2.75) is 27.2 Å². The Morgan fingerprint density at radius 1 is 1.04 bits per heavy atom. The van der Waals surface area contributed by atoms with Crippen LogP contribution in [0.5, 0.6) is 0 Å². The third-order valence-corrected chi connectivity index (χ3v) is 5.67. The molecule has 23 heavy (non-hydrogen) atoms. The van der Waals surface area contributed by atoms with Crippen molar-refractivity contribution in [3.63, 3.8) is 0 Å². The zero-order valence-corrected chi connectivity index (χ0v) is 14.9. The van der Waals surface area contributed by atoms with E-state index in [1.807, 2.05) is 24.2 Å². The van der Waals surface area contributed by atoms with E-state index in [1.165, 1.54) is 37.9 Å². The average molecular weight is 322 g/mol. The third kappa shape index (κ3) is 3.06. The highest BCUT2D eigenvalue weighted by atomic mass is 32.2. The van der Waals surface area contributed by atoms with Crippen molar-refractivity contribution in [1.82, 2.24) is 9.88 Å². The number of aryl methyl sites for hydroxylation is 1. The molecular formula is C20H22N2S. The smallest absolute Gasteiger partial charge is 0.0788 e. The maximum Gasteiger partial charge on any atom is 0.0788 e. The van der Waals surface area contributed by atoms with Crippen LogP contribution in [0, 0.1) is 6.92 Å². The summed E-state index contributed by atoms with van der Waals surface area (Å²) in [6, 6.07) is 13.0. The van der Waals surface area contributed by atoms with E-state index < -0.39 is 0 Å². The van der Waals surface area contributed by atoms with Gasteiger partial charge in [-0.1, -0.05) is 48.5 Å². The van der Waals surface area contributed by atoms with Crippen molar-refractivity contribution < 1.29 is 0 Å². The fraction of sp³-hybridized carbons (Fsp3) is 0.250. The normalized spacial score (nSPS) is 17.0. The molecule has 2 aromatic rings. The molecule has 0 spiro atoms. The lowest BCUT2D eigenvalue weighted by atomic mass is 10.1. The molecule has 2 heterocycles. The zero-order chi connectivity index (χ0) is 16.4. The van der Waals surface area contributed by atoms with Gasteiger partial charge in [-0.05, 0) is 49.1 Å². The topological polar surface area (TPSA) is 16.1 Å². The van der Waals surface area contributed by atoms with Crippen LogP contribution in [-0.4, -0.2) is 16.9 Å². The number of nitrogens with zero attached hydrogens (tertiary/aromatic N) is 2. The van der Waals surface area contributed by atoms with Gasteiger partial charge in [-0.15, -0.1) is 0 Å². The van der Waals surface area contributed by atoms with E-state index in [2.05, 4.69) is 74.1 Å². The fourth-order valence-corrected chi connectivity index (χ4v) is 4.07. The number of benzene rings is 1. The van der Waals surface area contributed by atoms with Gasteiger partial charge in [-0.25, -0.2) is 0 Å². The van der Waals surface area contributed by atoms with E-state index in [-0.39, 0.29) is 0 Å². The molecule has 0 unspecified atom stereocenters. The van der Waals surface area contributed by atoms with E-state index in [1.54, 1.807) is 0 Å². The number of pyridine rings is 1. The molecule has 0 aliphatic carbocycles. The number of thioether (sulfide) groups is 1. The first-order chi connectivity index (χ1) is 11.1. The van der Waals surface area contributed by atoms with Crippen molar-refractivity contribution in [1.29, 1.82) is 0 Å². The lowest BCUT2D eigenvalue weighted by Gasteiger charge is -2.20. The number of allylic oxidation sites excluding steroid dienone is 1. The molecule has 1 aromatic carbocycles. The van der Waals surface area contributed by atoms with Crippen molar-refractivity contribution in [3.8, 4) is 0 Å². The van der Waals surface area contributed by atoms with Crippen molar-refractivity contribution in [2.24, 2.45) is 0 Å². The first-order valence-corrected chi connectivity index (χ1v) is 8.76. The van der Waals surface area contributed by atoms with Crippen molar-refractivity contribution in [2.75, 3.05) is 7.05 Å². The molecule has 0 amide bonds. The molecule has 1 aliphatic rings. The Labute approximate surface area is 142 Å². The minimum atomic E-state index is 1.07. The predicted molar refractivity (Wildman–Crippen MR) is 101 cm³/mol. The standard InChI is InChI=1S/C20H22N2S/c1-5-15(3)20-22(4)18(16-8-6-14(2)7-9-16)19(23-20)17-10-12-21-13-11-17/h6-13H,5H2,1-4H3/b20-15-. The summed E-state index contributed by atoms with van der Waals surface area (Å²) in [7, 11) is 2.17. The van der Waals surface area contributed by atoms with Crippen LogP contribution in [0.4, 0.5) is 0 Å². The van der Waals surface area contributed by atoms with E-state index in [0.29, 0.717) is 0 Å². The molecule has 0 saturated carbocycles. The fourth-order valence-electron chi connectivity index (χ4n) is 2.73. The van der Waals surface area contributed by atoms with Crippen LogP contribution < -0.4 is 0 Å². The Bertz CT molecular complexity index is 758. The van der Waals surface area contributed by atoms with Crippen LogP contribution in [0.1, 0.15) is 37.0 Å². The first kappa shape index (κ1) is 15.9. The highest BCUT2D eigenvalue weighted by Crippen LogP contribution is 2.50. The maximum absolute atomic E-state index is 4.16. The van der Waals surface area contributed by atoms with E-state index in [0.717, 1.165) is 6.42 Å². The molecular weight excluding hydrogens is 300 g/mol. The van der Waals surface area contributed by atoms with Crippen LogP contribution in [0.2, 0.25) is 0 Å².